The van der Waals surface area contributed by atoms with E-state index < -0.39 is 0 Å². The van der Waals surface area contributed by atoms with E-state index in [1.54, 1.807) is 42.4 Å². The van der Waals surface area contributed by atoms with Crippen LogP contribution in [0.2, 0.25) is 0 Å². The Labute approximate surface area is 194 Å². The molecule has 7 nitrogen and oxygen atoms in total. The Morgan fingerprint density at radius 2 is 1.73 bits per heavy atom. The topological polar surface area (TPSA) is 66.8 Å². The van der Waals surface area contributed by atoms with Gasteiger partial charge in [-0.3, -0.25) is 9.59 Å². The van der Waals surface area contributed by atoms with Crippen molar-refractivity contribution in [1.82, 2.24) is 19.7 Å². The van der Waals surface area contributed by atoms with E-state index in [9.17, 15) is 9.59 Å². The Balaban J connectivity index is 1.69. The molecule has 4 rings (SSSR count). The lowest BCUT2D eigenvalue weighted by Crippen LogP contribution is -2.49. The summed E-state index contributed by atoms with van der Waals surface area (Å²) in [5.41, 5.74) is 2.74. The number of aryl methyl sites for hydroxylation is 1. The minimum atomic E-state index is -0.328. The number of fused-ring (bicyclic) bond motifs is 1. The van der Waals surface area contributed by atoms with Crippen molar-refractivity contribution >= 4 is 28.8 Å². The second kappa shape index (κ2) is 9.92. The van der Waals surface area contributed by atoms with Gasteiger partial charge in [0.25, 0.3) is 11.8 Å². The van der Waals surface area contributed by atoms with E-state index in [2.05, 4.69) is 27.8 Å². The molecule has 33 heavy (non-hydrogen) atoms. The molecule has 0 spiro atoms. The summed E-state index contributed by atoms with van der Waals surface area (Å²) in [6.07, 6.45) is 3.83. The number of carbonyl (C=O) groups excluding carboxylic acids is 2. The standard InChI is InChI=1S/C26H30N4O3/c1-4-29-18-20(22-7-5-6-8-24(22)29)17-23(26(32)30-15-13-28(2)14-16-30)27-25(31)19-9-11-21(33-3)12-10-19/h5-12,17-18H,4,13-16H2,1-3H3,(H,27,31)/b23-17-. The molecule has 1 fully saturated rings. The summed E-state index contributed by atoms with van der Waals surface area (Å²) < 4.78 is 7.32. The molecule has 0 saturated carbocycles. The van der Waals surface area contributed by atoms with E-state index in [1.165, 1.54) is 0 Å². The third kappa shape index (κ3) is 4.93. The number of aromatic nitrogens is 1. The van der Waals surface area contributed by atoms with Crippen molar-refractivity contribution < 1.29 is 14.3 Å². The first kappa shape index (κ1) is 22.6. The number of nitrogens with zero attached hydrogens (tertiary/aromatic N) is 3. The molecular formula is C26H30N4O3. The zero-order valence-corrected chi connectivity index (χ0v) is 19.4. The number of hydrogen-bond donors (Lipinski definition) is 1. The van der Waals surface area contributed by atoms with Gasteiger partial charge in [-0.2, -0.15) is 0 Å². The molecule has 1 aliphatic rings. The molecule has 2 amide bonds. The van der Waals surface area contributed by atoms with Crippen molar-refractivity contribution in [3.8, 4) is 5.75 Å². The molecular weight excluding hydrogens is 416 g/mol. The molecule has 172 valence electrons. The average molecular weight is 447 g/mol. The van der Waals surface area contributed by atoms with E-state index in [1.807, 2.05) is 31.4 Å². The van der Waals surface area contributed by atoms with Crippen LogP contribution >= 0.6 is 0 Å². The molecule has 3 aromatic rings. The first-order valence-corrected chi connectivity index (χ1v) is 11.2. The minimum Gasteiger partial charge on any atom is -0.497 e. The van der Waals surface area contributed by atoms with Crippen LogP contribution in [0.25, 0.3) is 17.0 Å². The average Bonchev–Trinajstić information content (AvgIpc) is 3.21. The molecule has 7 heteroatoms. The minimum absolute atomic E-state index is 0.168. The van der Waals surface area contributed by atoms with E-state index in [0.29, 0.717) is 24.4 Å². The highest BCUT2D eigenvalue weighted by Gasteiger charge is 2.24. The maximum absolute atomic E-state index is 13.5. The van der Waals surface area contributed by atoms with E-state index in [0.717, 1.165) is 36.1 Å². The fourth-order valence-corrected chi connectivity index (χ4v) is 4.08. The normalized spacial score (nSPS) is 15.0. The van der Waals surface area contributed by atoms with E-state index in [-0.39, 0.29) is 17.5 Å². The predicted octanol–water partition coefficient (Wildman–Crippen LogP) is 3.21. The van der Waals surface area contributed by atoms with Gasteiger partial charge in [0.15, 0.2) is 0 Å². The lowest BCUT2D eigenvalue weighted by atomic mass is 10.1. The summed E-state index contributed by atoms with van der Waals surface area (Å²) in [6.45, 7) is 5.76. The molecule has 1 N–H and O–H groups in total. The van der Waals surface area contributed by atoms with Gasteiger partial charge in [-0.05, 0) is 50.4 Å². The fourth-order valence-electron chi connectivity index (χ4n) is 4.08. The van der Waals surface area contributed by atoms with Crippen molar-refractivity contribution in [3.05, 3.63) is 71.6 Å². The van der Waals surface area contributed by atoms with Crippen LogP contribution in [0.5, 0.6) is 5.75 Å². The zero-order chi connectivity index (χ0) is 23.4. The van der Waals surface area contributed by atoms with Crippen LogP contribution in [0.4, 0.5) is 0 Å². The Morgan fingerprint density at radius 1 is 1.03 bits per heavy atom. The predicted molar refractivity (Wildman–Crippen MR) is 130 cm³/mol. The van der Waals surface area contributed by atoms with E-state index in [4.69, 9.17) is 4.74 Å². The van der Waals surface area contributed by atoms with Crippen LogP contribution in [-0.2, 0) is 11.3 Å². The van der Waals surface area contributed by atoms with Gasteiger partial charge in [0, 0.05) is 61.0 Å². The lowest BCUT2D eigenvalue weighted by molar-refractivity contribution is -0.128. The molecule has 0 atom stereocenters. The first-order chi connectivity index (χ1) is 16.0. The van der Waals surface area contributed by atoms with Gasteiger partial charge in [0.1, 0.15) is 11.4 Å². The van der Waals surface area contributed by atoms with Gasteiger partial charge in [0.2, 0.25) is 0 Å². The highest BCUT2D eigenvalue weighted by Crippen LogP contribution is 2.24. The largest absolute Gasteiger partial charge is 0.497 e. The van der Waals surface area contributed by atoms with Crippen LogP contribution < -0.4 is 10.1 Å². The van der Waals surface area contributed by atoms with Crippen LogP contribution in [-0.4, -0.2) is 66.5 Å². The van der Waals surface area contributed by atoms with Gasteiger partial charge < -0.3 is 24.4 Å². The van der Waals surface area contributed by atoms with Crippen LogP contribution in [0.15, 0.2) is 60.4 Å². The number of methoxy groups -OCH3 is 1. The summed E-state index contributed by atoms with van der Waals surface area (Å²) >= 11 is 0. The molecule has 2 aromatic carbocycles. The number of ether oxygens (including phenoxy) is 1. The third-order valence-corrected chi connectivity index (χ3v) is 6.08. The summed E-state index contributed by atoms with van der Waals surface area (Å²) in [4.78, 5) is 30.5. The lowest BCUT2D eigenvalue weighted by Gasteiger charge is -2.33. The molecule has 1 aliphatic heterocycles. The van der Waals surface area contributed by atoms with Crippen LogP contribution in [0, 0.1) is 0 Å². The maximum atomic E-state index is 13.5. The second-order valence-corrected chi connectivity index (χ2v) is 8.22. The maximum Gasteiger partial charge on any atom is 0.270 e. The molecule has 0 radical (unpaired) electrons. The first-order valence-electron chi connectivity index (χ1n) is 11.2. The van der Waals surface area contributed by atoms with Gasteiger partial charge in [-0.1, -0.05) is 18.2 Å². The molecule has 2 heterocycles. The Morgan fingerprint density at radius 3 is 2.39 bits per heavy atom. The summed E-state index contributed by atoms with van der Waals surface area (Å²) in [5.74, 6) is 0.173. The zero-order valence-electron chi connectivity index (χ0n) is 19.4. The number of likely N-dealkylation sites (N-methyl/N-ethyl adjacent to an activating group) is 1. The number of rotatable bonds is 6. The quantitative estimate of drug-likeness (QED) is 0.591. The van der Waals surface area contributed by atoms with Gasteiger partial charge in [-0.25, -0.2) is 0 Å². The number of piperazine rings is 1. The Hall–Kier alpha value is -3.58. The molecule has 0 aliphatic carbocycles. The Kier molecular flexibility index (Phi) is 6.79. The number of carbonyl (C=O) groups is 2. The van der Waals surface area contributed by atoms with Crippen molar-refractivity contribution in [2.45, 2.75) is 13.5 Å². The van der Waals surface area contributed by atoms with Gasteiger partial charge in [0.05, 0.1) is 7.11 Å². The van der Waals surface area contributed by atoms with E-state index >= 15 is 0 Å². The Bertz CT molecular complexity index is 1170. The number of hydrogen-bond acceptors (Lipinski definition) is 4. The van der Waals surface area contributed by atoms with Crippen molar-refractivity contribution in [1.29, 1.82) is 0 Å². The smallest absolute Gasteiger partial charge is 0.270 e. The van der Waals surface area contributed by atoms with Crippen LogP contribution in [0.3, 0.4) is 0 Å². The molecule has 0 bridgehead atoms. The van der Waals surface area contributed by atoms with Crippen molar-refractivity contribution in [2.75, 3.05) is 40.3 Å². The highest BCUT2D eigenvalue weighted by atomic mass is 16.5. The van der Waals surface area contributed by atoms with Gasteiger partial charge in [-0.15, -0.1) is 0 Å². The molecule has 1 aromatic heterocycles. The monoisotopic (exact) mass is 446 g/mol. The van der Waals surface area contributed by atoms with Crippen molar-refractivity contribution in [2.24, 2.45) is 0 Å². The molecule has 0 unspecified atom stereocenters. The second-order valence-electron chi connectivity index (χ2n) is 8.22. The van der Waals surface area contributed by atoms with Crippen molar-refractivity contribution in [3.63, 3.8) is 0 Å². The molecule has 1 saturated heterocycles. The summed E-state index contributed by atoms with van der Waals surface area (Å²) in [6, 6.07) is 14.9. The summed E-state index contributed by atoms with van der Waals surface area (Å²) in [7, 11) is 3.63. The number of para-hydroxylation sites is 1. The number of amides is 2. The van der Waals surface area contributed by atoms with Gasteiger partial charge >= 0.3 is 0 Å². The SMILES string of the molecule is CCn1cc(/C=C(\NC(=O)c2ccc(OC)cc2)C(=O)N2CCN(C)CC2)c2ccccc21. The summed E-state index contributed by atoms with van der Waals surface area (Å²) in [5, 5.41) is 3.93. The van der Waals surface area contributed by atoms with Crippen LogP contribution in [0.1, 0.15) is 22.8 Å². The number of benzene rings is 2. The third-order valence-electron chi connectivity index (χ3n) is 6.08. The highest BCUT2D eigenvalue weighted by molar-refractivity contribution is 6.06. The number of nitrogens with one attached hydrogen (secondary N) is 1. The fraction of sp³-hybridized carbons (Fsp3) is 0.308.